The van der Waals surface area contributed by atoms with Crippen LogP contribution in [0.25, 0.3) is 0 Å². The highest BCUT2D eigenvalue weighted by atomic mass is 35.5. The van der Waals surface area contributed by atoms with Crippen LogP contribution in [0.2, 0.25) is 5.02 Å². The number of ether oxygens (including phenoxy) is 4. The second kappa shape index (κ2) is 17.2. The Morgan fingerprint density at radius 3 is 2.14 bits per heavy atom. The van der Waals surface area contributed by atoms with E-state index in [0.717, 1.165) is 64.3 Å². The fraction of sp³-hybridized carbons (Fsp3) is 0.390. The molecule has 0 bridgehead atoms. The van der Waals surface area contributed by atoms with Gasteiger partial charge in [0.15, 0.2) is 18.4 Å². The van der Waals surface area contributed by atoms with Gasteiger partial charge in [0.05, 0.1) is 18.2 Å². The number of hydrogen-bond acceptors (Lipinski definition) is 8. The predicted molar refractivity (Wildman–Crippen MR) is 195 cm³/mol. The third kappa shape index (κ3) is 8.73. The van der Waals surface area contributed by atoms with Gasteiger partial charge >= 0.3 is 0 Å². The van der Waals surface area contributed by atoms with Crippen LogP contribution < -0.4 is 0 Å². The highest BCUT2D eigenvalue weighted by Gasteiger charge is 2.52. The first-order chi connectivity index (χ1) is 24.4. The first-order valence-electron chi connectivity index (χ1n) is 17.4. The SMILES string of the molecule is CCCC(=O)C(CC1CCC2(C1)OC(c1ccccc1)[C@@H](c1ccccc1)O2)c1ccc(SC)c(Cl)c1.O=Cc1ccc(C2OCCO2)cn1. The number of carbonyl (C=O) groups excluding carboxylic acids is 2. The third-order valence-electron chi connectivity index (χ3n) is 9.60. The zero-order valence-electron chi connectivity index (χ0n) is 28.5. The molecule has 7 rings (SSSR count). The van der Waals surface area contributed by atoms with Crippen LogP contribution in [0.3, 0.4) is 0 Å². The number of pyridine rings is 1. The number of thioether (sulfide) groups is 1. The lowest BCUT2D eigenvalue weighted by Crippen LogP contribution is -2.27. The van der Waals surface area contributed by atoms with E-state index in [4.69, 9.17) is 30.5 Å². The second-order valence-corrected chi connectivity index (χ2v) is 14.3. The molecule has 5 atom stereocenters. The second-order valence-electron chi connectivity index (χ2n) is 13.0. The molecular weight excluding hydrogens is 670 g/mol. The van der Waals surface area contributed by atoms with E-state index < -0.39 is 5.79 Å². The van der Waals surface area contributed by atoms with Crippen LogP contribution in [-0.2, 0) is 23.7 Å². The number of nitrogens with zero attached hydrogens (tertiary/aromatic N) is 1. The Morgan fingerprint density at radius 1 is 0.940 bits per heavy atom. The summed E-state index contributed by atoms with van der Waals surface area (Å²) < 4.78 is 24.1. The average molecular weight is 714 g/mol. The highest BCUT2D eigenvalue weighted by Crippen LogP contribution is 2.55. The van der Waals surface area contributed by atoms with Gasteiger partial charge in [-0.1, -0.05) is 91.3 Å². The van der Waals surface area contributed by atoms with E-state index in [9.17, 15) is 9.59 Å². The Morgan fingerprint density at radius 2 is 1.60 bits per heavy atom. The van der Waals surface area contributed by atoms with E-state index in [0.29, 0.717) is 43.3 Å². The lowest BCUT2D eigenvalue weighted by Gasteiger charge is -2.25. The van der Waals surface area contributed by atoms with Gasteiger partial charge in [-0.15, -0.1) is 11.8 Å². The molecule has 3 aliphatic rings. The number of benzene rings is 3. The first-order valence-corrected chi connectivity index (χ1v) is 19.0. The van der Waals surface area contributed by atoms with E-state index in [1.807, 2.05) is 30.5 Å². The largest absolute Gasteiger partial charge is 0.346 e. The summed E-state index contributed by atoms with van der Waals surface area (Å²) in [6.07, 6.45) is 8.56. The Hall–Kier alpha value is -3.37. The summed E-state index contributed by atoms with van der Waals surface area (Å²) in [5.74, 6) is -0.126. The van der Waals surface area contributed by atoms with Gasteiger partial charge in [-0.05, 0) is 66.3 Å². The van der Waals surface area contributed by atoms with Crippen LogP contribution in [0.5, 0.6) is 0 Å². The molecule has 0 radical (unpaired) electrons. The minimum atomic E-state index is -0.621. The van der Waals surface area contributed by atoms with E-state index in [2.05, 4.69) is 66.5 Å². The normalized spacial score (nSPS) is 23.8. The van der Waals surface area contributed by atoms with Gasteiger partial charge < -0.3 is 18.9 Å². The van der Waals surface area contributed by atoms with Crippen LogP contribution >= 0.6 is 23.4 Å². The highest BCUT2D eigenvalue weighted by molar-refractivity contribution is 7.98. The number of aldehydes is 1. The third-order valence-corrected chi connectivity index (χ3v) is 10.8. The number of carbonyl (C=O) groups is 2. The van der Waals surface area contributed by atoms with E-state index in [1.165, 1.54) is 0 Å². The summed E-state index contributed by atoms with van der Waals surface area (Å²) in [5.41, 5.74) is 4.57. The topological polar surface area (TPSA) is 84.0 Å². The molecule has 1 spiro atoms. The quantitative estimate of drug-likeness (QED) is 0.112. The fourth-order valence-corrected chi connectivity index (χ4v) is 8.03. The van der Waals surface area contributed by atoms with E-state index in [1.54, 1.807) is 30.1 Å². The molecule has 2 saturated heterocycles. The van der Waals surface area contributed by atoms with Gasteiger partial charge in [0, 0.05) is 41.8 Å². The lowest BCUT2D eigenvalue weighted by atomic mass is 9.83. The summed E-state index contributed by atoms with van der Waals surface area (Å²) in [4.78, 5) is 28.5. The standard InChI is InChI=1S/C32H35ClO3S.C9H9NO3/c1-3-10-28(34)26(25-15-16-29(37-2)27(33)20-25)19-22-17-18-32(21-22)35-30(23-11-6-4-7-12-23)31(36-32)24-13-8-5-9-14-24;11-6-8-2-1-7(5-10-8)9-12-3-4-13-9/h4-9,11-16,20,22,26,30-31H,3,10,17-19,21H2,1-2H3;1-2,5-6,9H,3-4H2/t22?,26?,30-,31?,32?;/m1./s1. The summed E-state index contributed by atoms with van der Waals surface area (Å²) in [7, 11) is 0. The molecule has 1 aromatic heterocycles. The molecule has 50 heavy (non-hydrogen) atoms. The molecule has 0 amide bonds. The fourth-order valence-electron chi connectivity index (χ4n) is 7.15. The molecule has 3 fully saturated rings. The van der Waals surface area contributed by atoms with E-state index in [-0.39, 0.29) is 24.4 Å². The Labute approximate surface area is 304 Å². The maximum absolute atomic E-state index is 13.3. The lowest BCUT2D eigenvalue weighted by molar-refractivity contribution is -0.173. The maximum atomic E-state index is 13.3. The number of halogens is 1. The van der Waals surface area contributed by atoms with Crippen LogP contribution in [0, 0.1) is 5.92 Å². The summed E-state index contributed by atoms with van der Waals surface area (Å²) in [6, 6.07) is 30.3. The molecule has 262 valence electrons. The minimum absolute atomic E-state index is 0.148. The zero-order valence-corrected chi connectivity index (χ0v) is 30.1. The molecular formula is C41H44ClNO6S. The molecule has 3 heterocycles. The maximum Gasteiger partial charge on any atom is 0.185 e. The van der Waals surface area contributed by atoms with Crippen LogP contribution in [0.15, 0.2) is 102 Å². The van der Waals surface area contributed by atoms with Gasteiger partial charge in [0.2, 0.25) is 0 Å². The molecule has 1 aliphatic carbocycles. The Kier molecular flexibility index (Phi) is 12.6. The number of Topliss-reactive ketones (excluding diaryl/α,β-unsaturated/α-hetero) is 1. The van der Waals surface area contributed by atoms with Crippen molar-refractivity contribution in [3.8, 4) is 0 Å². The molecule has 9 heteroatoms. The van der Waals surface area contributed by atoms with Crippen LogP contribution in [-0.4, -0.2) is 42.3 Å². The van der Waals surface area contributed by atoms with E-state index >= 15 is 0 Å². The first kappa shape index (κ1) is 36.4. The molecule has 1 saturated carbocycles. The van der Waals surface area contributed by atoms with Gasteiger partial charge in [-0.3, -0.25) is 14.6 Å². The molecule has 4 aromatic rings. The summed E-state index contributed by atoms with van der Waals surface area (Å²) in [5, 5.41) is 0.723. The number of aromatic nitrogens is 1. The summed E-state index contributed by atoms with van der Waals surface area (Å²) in [6.45, 7) is 3.29. The van der Waals surface area contributed by atoms with Gasteiger partial charge in [0.25, 0.3) is 0 Å². The van der Waals surface area contributed by atoms with Crippen molar-refractivity contribution in [2.75, 3.05) is 19.5 Å². The van der Waals surface area contributed by atoms with Crippen molar-refractivity contribution in [1.82, 2.24) is 4.98 Å². The van der Waals surface area contributed by atoms with Crippen molar-refractivity contribution in [3.05, 3.63) is 130 Å². The molecule has 3 aromatic carbocycles. The van der Waals surface area contributed by atoms with Crippen molar-refractivity contribution < 1.29 is 28.5 Å². The molecule has 7 nitrogen and oxygen atoms in total. The number of rotatable bonds is 11. The molecule has 0 N–H and O–H groups in total. The monoisotopic (exact) mass is 713 g/mol. The molecule has 2 aliphatic heterocycles. The van der Waals surface area contributed by atoms with Crippen molar-refractivity contribution in [1.29, 1.82) is 0 Å². The smallest absolute Gasteiger partial charge is 0.185 e. The van der Waals surface area contributed by atoms with Gasteiger partial charge in [-0.2, -0.15) is 0 Å². The van der Waals surface area contributed by atoms with Crippen LogP contribution in [0.4, 0.5) is 0 Å². The minimum Gasteiger partial charge on any atom is -0.346 e. The van der Waals surface area contributed by atoms with Crippen molar-refractivity contribution in [3.63, 3.8) is 0 Å². The summed E-state index contributed by atoms with van der Waals surface area (Å²) >= 11 is 8.17. The predicted octanol–water partition coefficient (Wildman–Crippen LogP) is 9.87. The van der Waals surface area contributed by atoms with Gasteiger partial charge in [0.1, 0.15) is 23.7 Å². The Bertz CT molecular complexity index is 1650. The van der Waals surface area contributed by atoms with Crippen LogP contribution in [0.1, 0.15) is 103 Å². The van der Waals surface area contributed by atoms with Gasteiger partial charge in [-0.25, -0.2) is 0 Å². The Balaban J connectivity index is 0.000000278. The molecule has 4 unspecified atom stereocenters. The van der Waals surface area contributed by atoms with Crippen molar-refractivity contribution >= 4 is 35.4 Å². The van der Waals surface area contributed by atoms with Crippen molar-refractivity contribution in [2.45, 2.75) is 80.5 Å². The van der Waals surface area contributed by atoms with Crippen molar-refractivity contribution in [2.24, 2.45) is 5.92 Å². The zero-order chi connectivity index (χ0) is 34.9. The number of ketones is 1. The average Bonchev–Trinajstić information content (AvgIpc) is 3.93. The number of hydrogen-bond donors (Lipinski definition) is 0.